The van der Waals surface area contributed by atoms with Gasteiger partial charge in [-0.05, 0) is 81.1 Å². The van der Waals surface area contributed by atoms with Crippen molar-refractivity contribution < 1.29 is 18.4 Å². The zero-order valence-electron chi connectivity index (χ0n) is 20.1. The molecule has 6 nitrogen and oxygen atoms in total. The molecule has 0 radical (unpaired) electrons. The summed E-state index contributed by atoms with van der Waals surface area (Å²) in [5, 5.41) is 4.09. The molecule has 35 heavy (non-hydrogen) atoms. The first-order valence-corrected chi connectivity index (χ1v) is 12.0. The van der Waals surface area contributed by atoms with E-state index in [1.54, 1.807) is 13.1 Å². The quantitative estimate of drug-likeness (QED) is 0.306. The van der Waals surface area contributed by atoms with Crippen LogP contribution in [0.3, 0.4) is 0 Å². The lowest BCUT2D eigenvalue weighted by Crippen LogP contribution is -2.32. The van der Waals surface area contributed by atoms with Gasteiger partial charge in [-0.1, -0.05) is 17.3 Å². The molecule has 4 rings (SSSR count). The zero-order chi connectivity index (χ0) is 24.6. The summed E-state index contributed by atoms with van der Waals surface area (Å²) in [5.41, 5.74) is 3.65. The summed E-state index contributed by atoms with van der Waals surface area (Å²) >= 11 is 0. The lowest BCUT2D eigenvalue weighted by atomic mass is 9.90. The summed E-state index contributed by atoms with van der Waals surface area (Å²) in [7, 11) is 0. The van der Waals surface area contributed by atoms with E-state index in [-0.39, 0.29) is 0 Å². The Bertz CT molecular complexity index is 1130. The molecule has 1 fully saturated rings. The molecule has 0 aliphatic carbocycles. The maximum Gasteiger partial charge on any atom is 0.213 e. The average molecular weight is 481 g/mol. The van der Waals surface area contributed by atoms with Crippen LogP contribution < -0.4 is 4.74 Å². The molecule has 1 aromatic carbocycles. The molecule has 2 aromatic heterocycles. The first-order chi connectivity index (χ1) is 17.1. The normalized spacial score (nSPS) is 15.3. The summed E-state index contributed by atoms with van der Waals surface area (Å²) in [4.78, 5) is 16.6. The van der Waals surface area contributed by atoms with Gasteiger partial charge in [0.25, 0.3) is 0 Å². The SMILES string of the molecule is CCON=C(c1ccc(F)c(F)c1)c1ccc(CN2CCC(c3ccc(OCC)nc3)CC2)cn1. The van der Waals surface area contributed by atoms with Crippen molar-refractivity contribution in [3.63, 3.8) is 0 Å². The monoisotopic (exact) mass is 480 g/mol. The standard InChI is InChI=1S/C27H30F2N4O2/c1-3-34-26-10-7-22(17-31-26)20-11-13-33(14-12-20)18-19-5-9-25(30-16-19)27(32-35-4-2)21-6-8-23(28)24(29)15-21/h5-10,15-17,20H,3-4,11-14,18H2,1-2H3. The molecule has 3 heterocycles. The molecule has 1 aliphatic rings. The fourth-order valence-corrected chi connectivity index (χ4v) is 4.23. The third kappa shape index (κ3) is 6.39. The number of piperidine rings is 1. The Hall–Kier alpha value is -3.39. The minimum absolute atomic E-state index is 0.355. The Morgan fingerprint density at radius 3 is 2.43 bits per heavy atom. The van der Waals surface area contributed by atoms with E-state index in [1.807, 2.05) is 31.3 Å². The Labute approximate surface area is 204 Å². The van der Waals surface area contributed by atoms with E-state index in [4.69, 9.17) is 9.57 Å². The topological polar surface area (TPSA) is 59.8 Å². The van der Waals surface area contributed by atoms with Gasteiger partial charge in [-0.2, -0.15) is 0 Å². The summed E-state index contributed by atoms with van der Waals surface area (Å²) in [6.07, 6.45) is 5.88. The highest BCUT2D eigenvalue weighted by Crippen LogP contribution is 2.29. The number of hydrogen-bond acceptors (Lipinski definition) is 6. The molecule has 0 amide bonds. The first kappa shape index (κ1) is 24.7. The second-order valence-electron chi connectivity index (χ2n) is 8.45. The minimum Gasteiger partial charge on any atom is -0.478 e. The van der Waals surface area contributed by atoms with Crippen molar-refractivity contribution >= 4 is 5.71 Å². The van der Waals surface area contributed by atoms with E-state index in [9.17, 15) is 8.78 Å². The Morgan fingerprint density at radius 1 is 0.971 bits per heavy atom. The van der Waals surface area contributed by atoms with Crippen molar-refractivity contribution in [1.29, 1.82) is 0 Å². The Balaban J connectivity index is 1.37. The summed E-state index contributed by atoms with van der Waals surface area (Å²) in [6.45, 7) is 7.51. The van der Waals surface area contributed by atoms with Gasteiger partial charge in [0, 0.05) is 30.6 Å². The van der Waals surface area contributed by atoms with Gasteiger partial charge in [-0.25, -0.2) is 13.8 Å². The number of ether oxygens (including phenoxy) is 1. The van der Waals surface area contributed by atoms with E-state index in [0.717, 1.165) is 50.2 Å². The molecule has 0 spiro atoms. The van der Waals surface area contributed by atoms with Gasteiger partial charge in [0.05, 0.1) is 12.3 Å². The highest BCUT2D eigenvalue weighted by Gasteiger charge is 2.21. The van der Waals surface area contributed by atoms with Gasteiger partial charge < -0.3 is 9.57 Å². The number of pyridine rings is 2. The number of hydrogen-bond donors (Lipinski definition) is 0. The van der Waals surface area contributed by atoms with Crippen LogP contribution in [0.25, 0.3) is 0 Å². The Morgan fingerprint density at radius 2 is 1.80 bits per heavy atom. The van der Waals surface area contributed by atoms with Gasteiger partial charge in [0.1, 0.15) is 12.3 Å². The third-order valence-electron chi connectivity index (χ3n) is 6.06. The predicted octanol–water partition coefficient (Wildman–Crippen LogP) is 5.32. The van der Waals surface area contributed by atoms with E-state index < -0.39 is 11.6 Å². The number of halogens is 2. The number of likely N-dealkylation sites (tertiary alicyclic amines) is 1. The molecule has 0 unspecified atom stereocenters. The molecular weight excluding hydrogens is 450 g/mol. The number of rotatable bonds is 9. The Kier molecular flexibility index (Phi) is 8.36. The largest absolute Gasteiger partial charge is 0.478 e. The van der Waals surface area contributed by atoms with Gasteiger partial charge in [-0.3, -0.25) is 9.88 Å². The number of benzene rings is 1. The predicted molar refractivity (Wildman–Crippen MR) is 131 cm³/mol. The molecule has 1 aliphatic heterocycles. The van der Waals surface area contributed by atoms with Crippen LogP contribution in [0.4, 0.5) is 8.78 Å². The average Bonchev–Trinajstić information content (AvgIpc) is 2.88. The lowest BCUT2D eigenvalue weighted by molar-refractivity contribution is 0.159. The van der Waals surface area contributed by atoms with Gasteiger partial charge in [-0.15, -0.1) is 0 Å². The maximum absolute atomic E-state index is 13.8. The molecule has 0 saturated carbocycles. The summed E-state index contributed by atoms with van der Waals surface area (Å²) < 4.78 is 32.6. The molecular formula is C27H30F2N4O2. The van der Waals surface area contributed by atoms with Crippen molar-refractivity contribution in [3.05, 3.63) is 88.9 Å². The third-order valence-corrected chi connectivity index (χ3v) is 6.06. The van der Waals surface area contributed by atoms with Gasteiger partial charge in [0.15, 0.2) is 11.6 Å². The fraction of sp³-hybridized carbons (Fsp3) is 0.370. The second-order valence-corrected chi connectivity index (χ2v) is 8.45. The molecule has 1 saturated heterocycles. The van der Waals surface area contributed by atoms with Crippen molar-refractivity contribution in [2.45, 2.75) is 39.2 Å². The van der Waals surface area contributed by atoms with E-state index >= 15 is 0 Å². The smallest absolute Gasteiger partial charge is 0.213 e. The van der Waals surface area contributed by atoms with Crippen LogP contribution in [-0.2, 0) is 11.4 Å². The lowest BCUT2D eigenvalue weighted by Gasteiger charge is -2.32. The molecule has 0 N–H and O–H groups in total. The molecule has 8 heteroatoms. The van der Waals surface area contributed by atoms with Crippen LogP contribution >= 0.6 is 0 Å². The highest BCUT2D eigenvalue weighted by molar-refractivity contribution is 6.11. The van der Waals surface area contributed by atoms with E-state index in [1.165, 1.54) is 11.6 Å². The molecule has 184 valence electrons. The highest BCUT2D eigenvalue weighted by atomic mass is 19.2. The number of nitrogens with zero attached hydrogens (tertiary/aromatic N) is 4. The minimum atomic E-state index is -0.937. The van der Waals surface area contributed by atoms with Crippen molar-refractivity contribution in [2.75, 3.05) is 26.3 Å². The van der Waals surface area contributed by atoms with Crippen LogP contribution in [0.1, 0.15) is 55.0 Å². The number of oxime groups is 1. The summed E-state index contributed by atoms with van der Waals surface area (Å²) in [5.74, 6) is -0.671. The maximum atomic E-state index is 13.8. The van der Waals surface area contributed by atoms with Crippen LogP contribution in [0.2, 0.25) is 0 Å². The molecule has 3 aromatic rings. The first-order valence-electron chi connectivity index (χ1n) is 12.0. The molecule has 0 atom stereocenters. The van der Waals surface area contributed by atoms with Crippen LogP contribution in [0, 0.1) is 11.6 Å². The van der Waals surface area contributed by atoms with Crippen LogP contribution in [-0.4, -0.2) is 46.9 Å². The summed E-state index contributed by atoms with van der Waals surface area (Å²) in [6, 6.07) is 11.5. The second kappa shape index (κ2) is 11.8. The van der Waals surface area contributed by atoms with Crippen LogP contribution in [0.15, 0.2) is 60.0 Å². The van der Waals surface area contributed by atoms with Crippen molar-refractivity contribution in [3.8, 4) is 5.88 Å². The number of aromatic nitrogens is 2. The van der Waals surface area contributed by atoms with Crippen molar-refractivity contribution in [1.82, 2.24) is 14.9 Å². The van der Waals surface area contributed by atoms with Crippen LogP contribution in [0.5, 0.6) is 5.88 Å². The van der Waals surface area contributed by atoms with Crippen molar-refractivity contribution in [2.24, 2.45) is 5.16 Å². The van der Waals surface area contributed by atoms with Gasteiger partial charge >= 0.3 is 0 Å². The van der Waals surface area contributed by atoms with Gasteiger partial charge in [0.2, 0.25) is 5.88 Å². The molecule has 0 bridgehead atoms. The zero-order valence-corrected chi connectivity index (χ0v) is 20.1. The van der Waals surface area contributed by atoms with E-state index in [2.05, 4.69) is 26.1 Å². The van der Waals surface area contributed by atoms with E-state index in [0.29, 0.717) is 42.0 Å². The fourth-order valence-electron chi connectivity index (χ4n) is 4.23.